The van der Waals surface area contributed by atoms with Crippen LogP contribution < -0.4 is 47.4 Å². The van der Waals surface area contributed by atoms with Gasteiger partial charge in [0.15, 0.2) is 56.5 Å². The zero-order chi connectivity index (χ0) is 50.4. The largest absolute Gasteiger partial charge is 1.00 e. The molecule has 3 rings (SSSR count). The Morgan fingerprint density at radius 1 is 0.647 bits per heavy atom. The van der Waals surface area contributed by atoms with E-state index in [4.69, 9.17) is 4.74 Å². The SMILES string of the molecule is C=CCCCC(CCC=C)Sc1c(F)c(F)c(S(=O)(=O)[N-]S(=O)(=O)C(F)(F)F)c(F)c1F.CCCCCC(CCCC)Oc1c(F)c(N2CCCCC2)c(F)c(F)c1S(=O)(=O)[N-]S(C)(=O)=O.[Li+].[Li+]. The summed E-state index contributed by atoms with van der Waals surface area (Å²) in [6.07, 6.45) is 11.9. The van der Waals surface area contributed by atoms with E-state index in [1.807, 2.05) is 13.8 Å². The average Bonchev–Trinajstić information content (AvgIpc) is 3.20. The molecule has 0 aliphatic carbocycles. The van der Waals surface area contributed by atoms with Gasteiger partial charge in [0.1, 0.15) is 35.5 Å². The minimum Gasteiger partial charge on any atom is -0.486 e. The predicted octanol–water partition coefficient (Wildman–Crippen LogP) is 5.58. The topological polar surface area (TPSA) is 177 Å². The third-order valence-corrected chi connectivity index (χ3v) is 16.7. The molecule has 2 unspecified atom stereocenters. The van der Waals surface area contributed by atoms with Gasteiger partial charge in [-0.15, -0.1) is 24.9 Å². The molecule has 1 aliphatic heterocycles. The number of rotatable bonds is 25. The number of piperidine rings is 1. The summed E-state index contributed by atoms with van der Waals surface area (Å²) in [6, 6.07) is 0. The van der Waals surface area contributed by atoms with Crippen LogP contribution in [-0.4, -0.2) is 69.9 Å². The Morgan fingerprint density at radius 3 is 1.63 bits per heavy atom. The summed E-state index contributed by atoms with van der Waals surface area (Å²) in [5.41, 5.74) is -6.93. The summed E-state index contributed by atoms with van der Waals surface area (Å²) >= 11 is 0.362. The van der Waals surface area contributed by atoms with Gasteiger partial charge in [-0.25, -0.2) is 64.4 Å². The maximum absolute atomic E-state index is 15.8. The second-order valence-electron chi connectivity index (χ2n) is 14.9. The Bertz CT molecular complexity index is 2440. The zero-order valence-electron chi connectivity index (χ0n) is 38.1. The first kappa shape index (κ1) is 66.1. The molecule has 378 valence electrons. The molecule has 1 aliphatic rings. The molecule has 2 aromatic rings. The third kappa shape index (κ3) is 18.6. The van der Waals surface area contributed by atoms with Gasteiger partial charge in [-0.05, 0) is 70.6 Å². The molecule has 0 aromatic heterocycles. The maximum Gasteiger partial charge on any atom is 1.00 e. The van der Waals surface area contributed by atoms with Crippen molar-refractivity contribution in [3.8, 4) is 5.75 Å². The van der Waals surface area contributed by atoms with Gasteiger partial charge in [0.05, 0.1) is 21.0 Å². The molecule has 68 heavy (non-hydrogen) atoms. The van der Waals surface area contributed by atoms with Crippen LogP contribution in [0.15, 0.2) is 40.0 Å². The second-order valence-corrected chi connectivity index (χ2v) is 23.0. The van der Waals surface area contributed by atoms with Crippen molar-refractivity contribution < 1.29 is 120 Å². The summed E-state index contributed by atoms with van der Waals surface area (Å²) < 4.78 is 245. The van der Waals surface area contributed by atoms with Crippen molar-refractivity contribution in [1.29, 1.82) is 0 Å². The number of hydrogen-bond acceptors (Lipinski definition) is 11. The van der Waals surface area contributed by atoms with Crippen molar-refractivity contribution in [3.63, 3.8) is 0 Å². The van der Waals surface area contributed by atoms with E-state index in [1.165, 1.54) is 15.1 Å². The summed E-state index contributed by atoms with van der Waals surface area (Å²) in [7, 11) is -23.0. The van der Waals surface area contributed by atoms with Crippen LogP contribution in [0.5, 0.6) is 5.75 Å². The van der Waals surface area contributed by atoms with E-state index in [0.29, 0.717) is 82.2 Å². The van der Waals surface area contributed by atoms with E-state index >= 15 is 13.2 Å². The van der Waals surface area contributed by atoms with Gasteiger partial charge in [-0.2, -0.15) is 13.2 Å². The van der Waals surface area contributed by atoms with E-state index in [9.17, 15) is 64.4 Å². The van der Waals surface area contributed by atoms with Gasteiger partial charge >= 0.3 is 43.2 Å². The predicted molar refractivity (Wildman–Crippen MR) is 231 cm³/mol. The molecule has 29 heteroatoms. The van der Waals surface area contributed by atoms with Crippen molar-refractivity contribution in [2.75, 3.05) is 24.2 Å². The van der Waals surface area contributed by atoms with Crippen molar-refractivity contribution in [3.05, 3.63) is 74.3 Å². The monoisotopic (exact) mass is 1070 g/mol. The van der Waals surface area contributed by atoms with Crippen molar-refractivity contribution in [2.45, 2.75) is 142 Å². The number of alkyl halides is 3. The molecule has 0 spiro atoms. The van der Waals surface area contributed by atoms with Crippen LogP contribution in [0.1, 0.15) is 110 Å². The number of halogens is 10. The number of hydrogen-bond donors (Lipinski definition) is 0. The normalized spacial score (nSPS) is 14.5. The molecular weight excluding hydrogens is 1020 g/mol. The van der Waals surface area contributed by atoms with Crippen molar-refractivity contribution >= 4 is 57.5 Å². The van der Waals surface area contributed by atoms with Crippen LogP contribution in [0, 0.1) is 40.7 Å². The minimum atomic E-state index is -6.78. The van der Waals surface area contributed by atoms with Gasteiger partial charge in [0, 0.05) is 24.6 Å². The average molecular weight is 1070 g/mol. The molecule has 1 saturated heterocycles. The molecule has 0 radical (unpaired) electrons. The fraction of sp³-hybridized carbons (Fsp3) is 0.590. The first-order valence-corrected chi connectivity index (χ1v) is 27.4. The van der Waals surface area contributed by atoms with Crippen LogP contribution >= 0.6 is 11.8 Å². The van der Waals surface area contributed by atoms with Gasteiger partial charge < -0.3 is 17.9 Å². The van der Waals surface area contributed by atoms with E-state index in [-0.39, 0.29) is 57.2 Å². The van der Waals surface area contributed by atoms with E-state index in [0.717, 1.165) is 25.7 Å². The summed E-state index contributed by atoms with van der Waals surface area (Å²) in [6.45, 7) is 11.5. The van der Waals surface area contributed by atoms with E-state index in [2.05, 4.69) is 17.3 Å². The number of anilines is 1. The van der Waals surface area contributed by atoms with Crippen LogP contribution in [0.3, 0.4) is 0 Å². The number of benzene rings is 2. The molecule has 0 N–H and O–H groups in total. The quantitative estimate of drug-likeness (QED) is 0.0303. The van der Waals surface area contributed by atoms with E-state index in [1.54, 1.807) is 6.08 Å². The summed E-state index contributed by atoms with van der Waals surface area (Å²) in [5.74, 6) is -15.6. The fourth-order valence-electron chi connectivity index (χ4n) is 6.39. The van der Waals surface area contributed by atoms with Gasteiger partial charge in [-0.3, -0.25) is 0 Å². The Kier molecular flexibility index (Phi) is 28.1. The third-order valence-electron chi connectivity index (χ3n) is 9.51. The summed E-state index contributed by atoms with van der Waals surface area (Å²) in [5, 5.41) is -0.589. The van der Waals surface area contributed by atoms with Crippen molar-refractivity contribution in [2.24, 2.45) is 0 Å². The Labute approximate surface area is 420 Å². The molecule has 0 saturated carbocycles. The number of thioether (sulfide) groups is 1. The molecule has 12 nitrogen and oxygen atoms in total. The molecule has 1 fully saturated rings. The second kappa shape index (κ2) is 29.0. The molecule has 0 bridgehead atoms. The molecule has 2 aromatic carbocycles. The Balaban J connectivity index is 0.00000129. The van der Waals surface area contributed by atoms with Gasteiger partial charge in [-0.1, -0.05) is 51.7 Å². The number of nitrogens with zero attached hydrogens (tertiary/aromatic N) is 3. The van der Waals surface area contributed by atoms with Crippen LogP contribution in [0.25, 0.3) is 8.25 Å². The Hall–Kier alpha value is -1.92. The first-order chi connectivity index (χ1) is 30.5. The first-order valence-electron chi connectivity index (χ1n) is 20.4. The van der Waals surface area contributed by atoms with Crippen molar-refractivity contribution in [1.82, 2.24) is 0 Å². The summed E-state index contributed by atoms with van der Waals surface area (Å²) in [4.78, 5) is -4.03. The van der Waals surface area contributed by atoms with E-state index < -0.39 is 124 Å². The zero-order valence-corrected chi connectivity index (χ0v) is 42.2. The molecule has 2 atom stereocenters. The van der Waals surface area contributed by atoms with Crippen LogP contribution in [0.4, 0.5) is 49.6 Å². The smallest absolute Gasteiger partial charge is 0.486 e. The fourth-order valence-corrected chi connectivity index (χ4v) is 12.4. The van der Waals surface area contributed by atoms with Crippen LogP contribution in [0.2, 0.25) is 0 Å². The molecule has 0 amide bonds. The van der Waals surface area contributed by atoms with Gasteiger partial charge in [0.25, 0.3) is 0 Å². The standard InChI is InChI=1S/C22H34F3N2O5S2.C17H17F7NO4S3.2Li/c1-4-6-9-13-16(12-7-5-2)32-21-19(25)20(27-14-10-8-11-15-27)17(23)18(24)22(21)34(30,31)26-33(3,28)29;1-3-5-7-9-10(8-6-4-2)30-15-11(18)13(20)16(14(21)12(15)19)31(26,27)25-32(28,29)17(22,23)24;;/h16H,4-15H2,1-3H3;3-4,10H,1-2,5-9H2;;/q2*-1;2*+1. The number of sulfonamides is 4. The maximum atomic E-state index is 15.8. The Morgan fingerprint density at radius 2 is 1.15 bits per heavy atom. The number of ether oxygens (including phenoxy) is 1. The minimum absolute atomic E-state index is 0. The molecule has 1 heterocycles. The number of unbranched alkanes of at least 4 members (excludes halogenated alkanes) is 4. The van der Waals surface area contributed by atoms with Crippen LogP contribution in [-0.2, 0) is 40.1 Å². The molecular formula is C39H51F10Li2N3O9S5. The number of allylic oxidation sites excluding steroid dienone is 2. The van der Waals surface area contributed by atoms with Gasteiger partial charge in [0.2, 0.25) is 0 Å².